The van der Waals surface area contributed by atoms with Crippen LogP contribution in [0.4, 0.5) is 0 Å². The Morgan fingerprint density at radius 2 is 1.79 bits per heavy atom. The lowest BCUT2D eigenvalue weighted by Crippen LogP contribution is -2.51. The largest absolute Gasteiger partial charge is 0.459 e. The molecule has 38 heavy (non-hydrogen) atoms. The molecule has 8 nitrogen and oxygen atoms in total. The number of aliphatic hydroxyl groups excluding tert-OH is 1. The number of hydrogen-bond donors (Lipinski definition) is 2. The van der Waals surface area contributed by atoms with Gasteiger partial charge in [0.05, 0.1) is 12.1 Å². The van der Waals surface area contributed by atoms with Crippen LogP contribution in [0.5, 0.6) is 0 Å². The number of rotatable bonds is 6. The molecule has 0 saturated carbocycles. The molecule has 2 aliphatic heterocycles. The van der Waals surface area contributed by atoms with Gasteiger partial charge in [-0.15, -0.1) is 0 Å². The van der Waals surface area contributed by atoms with Crippen molar-refractivity contribution in [1.29, 1.82) is 0 Å². The first-order valence-electron chi connectivity index (χ1n) is 13.9. The molecule has 9 heteroatoms. The number of ether oxygens (including phenoxy) is 1. The quantitative estimate of drug-likeness (QED) is 0.520. The van der Waals surface area contributed by atoms with Crippen LogP contribution < -0.4 is 5.32 Å². The maximum absolute atomic E-state index is 13.6. The number of Topliss-reactive ketones (excluding diaryl/α,β-unsaturated/α-hetero) is 1. The van der Waals surface area contributed by atoms with Gasteiger partial charge in [0.15, 0.2) is 5.12 Å². The van der Waals surface area contributed by atoms with Crippen LogP contribution in [-0.2, 0) is 30.5 Å². The maximum Gasteiger partial charge on any atom is 0.329 e. The van der Waals surface area contributed by atoms with Crippen molar-refractivity contribution < 1.29 is 29.0 Å². The van der Waals surface area contributed by atoms with Crippen LogP contribution >= 0.6 is 11.8 Å². The molecule has 2 aliphatic rings. The number of benzene rings is 1. The Hall–Kier alpha value is -2.23. The standard InChI is InChI=1S/C29H42N2O6S/c1-21(32)38-20-23-13-7-2-3-8-14-25(30-16-10-9-15-27(23)34)28(35)31-18-24(33)17-26(31)29(36)37-19-22-11-5-4-6-12-22/h4-6,11-12,23-26,30,33H,2-3,7-10,13-20H2,1H3/t23-,24+,25-,26-/m0/s1. The molecule has 0 aromatic heterocycles. The second kappa shape index (κ2) is 16.0. The van der Waals surface area contributed by atoms with E-state index in [4.69, 9.17) is 4.74 Å². The molecule has 2 heterocycles. The maximum atomic E-state index is 13.6. The number of carbonyl (C=O) groups excluding carboxylic acids is 4. The van der Waals surface area contributed by atoms with Gasteiger partial charge in [-0.1, -0.05) is 67.8 Å². The fourth-order valence-corrected chi connectivity index (χ4v) is 5.96. The Kier molecular flexibility index (Phi) is 12.8. The van der Waals surface area contributed by atoms with E-state index in [1.54, 1.807) is 6.92 Å². The number of ketones is 1. The summed E-state index contributed by atoms with van der Waals surface area (Å²) < 4.78 is 5.50. The Morgan fingerprint density at radius 3 is 2.53 bits per heavy atom. The van der Waals surface area contributed by atoms with Crippen molar-refractivity contribution in [2.24, 2.45) is 5.92 Å². The molecule has 3 rings (SSSR count). The van der Waals surface area contributed by atoms with E-state index in [1.807, 2.05) is 30.3 Å². The summed E-state index contributed by atoms with van der Waals surface area (Å²) in [6.45, 7) is 2.38. The van der Waals surface area contributed by atoms with Crippen molar-refractivity contribution >= 4 is 34.5 Å². The highest BCUT2D eigenvalue weighted by atomic mass is 32.2. The summed E-state index contributed by atoms with van der Waals surface area (Å²) in [6.07, 6.45) is 6.53. The average molecular weight is 547 g/mol. The summed E-state index contributed by atoms with van der Waals surface area (Å²) in [7, 11) is 0. The van der Waals surface area contributed by atoms with Crippen molar-refractivity contribution in [3.8, 4) is 0 Å². The van der Waals surface area contributed by atoms with Gasteiger partial charge < -0.3 is 20.1 Å². The minimum atomic E-state index is -0.793. The zero-order valence-electron chi connectivity index (χ0n) is 22.4. The van der Waals surface area contributed by atoms with E-state index >= 15 is 0 Å². The molecular formula is C29H42N2O6S. The summed E-state index contributed by atoms with van der Waals surface area (Å²) in [5.74, 6) is 0.0728. The number of likely N-dealkylation sites (tertiary alicyclic amines) is 1. The van der Waals surface area contributed by atoms with Crippen molar-refractivity contribution in [2.45, 2.75) is 95.9 Å². The van der Waals surface area contributed by atoms with Gasteiger partial charge in [0.25, 0.3) is 0 Å². The van der Waals surface area contributed by atoms with Crippen LogP contribution in [0.2, 0.25) is 0 Å². The molecule has 4 atom stereocenters. The first-order chi connectivity index (χ1) is 18.3. The third-order valence-corrected chi connectivity index (χ3v) is 8.31. The number of β-amino-alcohol motifs (C(OH)–C–C–N with tert-alkyl or cyclic N) is 1. The van der Waals surface area contributed by atoms with Gasteiger partial charge in [0.2, 0.25) is 5.91 Å². The number of hydrogen-bond acceptors (Lipinski definition) is 8. The van der Waals surface area contributed by atoms with Crippen LogP contribution in [0.15, 0.2) is 30.3 Å². The highest BCUT2D eigenvalue weighted by Crippen LogP contribution is 2.24. The molecule has 210 valence electrons. The van der Waals surface area contributed by atoms with Gasteiger partial charge in [0, 0.05) is 38.0 Å². The Balaban J connectivity index is 1.56. The zero-order chi connectivity index (χ0) is 27.3. The van der Waals surface area contributed by atoms with Gasteiger partial charge in [-0.2, -0.15) is 0 Å². The van der Waals surface area contributed by atoms with E-state index in [0.29, 0.717) is 25.1 Å². The minimum absolute atomic E-state index is 0.0503. The van der Waals surface area contributed by atoms with Crippen molar-refractivity contribution in [3.63, 3.8) is 0 Å². The number of nitrogens with one attached hydrogen (secondary N) is 1. The summed E-state index contributed by atoms with van der Waals surface area (Å²) in [4.78, 5) is 52.0. The van der Waals surface area contributed by atoms with E-state index in [9.17, 15) is 24.3 Å². The SMILES string of the molecule is CC(=O)SC[C@@H]1CCCCCC[C@@H](C(=O)N2C[C@H](O)C[C@H]2C(=O)OCc2ccccc2)NCCCCC1=O. The third-order valence-electron chi connectivity index (χ3n) is 7.34. The summed E-state index contributed by atoms with van der Waals surface area (Å²) in [5, 5.41) is 13.7. The Morgan fingerprint density at radius 1 is 1.05 bits per heavy atom. The minimum Gasteiger partial charge on any atom is -0.459 e. The van der Waals surface area contributed by atoms with Crippen LogP contribution in [0.1, 0.15) is 76.7 Å². The highest BCUT2D eigenvalue weighted by Gasteiger charge is 2.41. The lowest BCUT2D eigenvalue weighted by Gasteiger charge is -2.28. The lowest BCUT2D eigenvalue weighted by atomic mass is 9.94. The van der Waals surface area contributed by atoms with Gasteiger partial charge >= 0.3 is 5.97 Å². The predicted molar refractivity (Wildman–Crippen MR) is 147 cm³/mol. The molecule has 2 fully saturated rings. The molecule has 2 saturated heterocycles. The van der Waals surface area contributed by atoms with E-state index in [0.717, 1.165) is 50.5 Å². The molecule has 1 aromatic carbocycles. The summed E-state index contributed by atoms with van der Waals surface area (Å²) in [6, 6.07) is 8.15. The fourth-order valence-electron chi connectivity index (χ4n) is 5.17. The second-order valence-electron chi connectivity index (χ2n) is 10.4. The Bertz CT molecular complexity index is 927. The lowest BCUT2D eigenvalue weighted by molar-refractivity contribution is -0.155. The third kappa shape index (κ3) is 9.82. The van der Waals surface area contributed by atoms with Gasteiger partial charge in [-0.05, 0) is 37.8 Å². The van der Waals surface area contributed by atoms with Crippen molar-refractivity contribution in [2.75, 3.05) is 18.8 Å². The average Bonchev–Trinajstić information content (AvgIpc) is 3.30. The first-order valence-corrected chi connectivity index (χ1v) is 14.9. The van der Waals surface area contributed by atoms with Crippen molar-refractivity contribution in [1.82, 2.24) is 10.2 Å². The molecular weight excluding hydrogens is 504 g/mol. The molecule has 0 bridgehead atoms. The summed E-state index contributed by atoms with van der Waals surface area (Å²) in [5.41, 5.74) is 0.868. The molecule has 0 aliphatic carbocycles. The highest BCUT2D eigenvalue weighted by molar-refractivity contribution is 8.13. The number of aliphatic hydroxyl groups is 1. The second-order valence-corrected chi connectivity index (χ2v) is 11.6. The number of thioether (sulfide) groups is 1. The smallest absolute Gasteiger partial charge is 0.329 e. The van der Waals surface area contributed by atoms with Gasteiger partial charge in [-0.3, -0.25) is 14.4 Å². The number of nitrogens with zero attached hydrogens (tertiary/aromatic N) is 1. The van der Waals surface area contributed by atoms with Gasteiger partial charge in [-0.25, -0.2) is 4.79 Å². The molecule has 0 spiro atoms. The van der Waals surface area contributed by atoms with Crippen molar-refractivity contribution in [3.05, 3.63) is 35.9 Å². The number of carbonyl (C=O) groups is 4. The molecule has 1 amide bonds. The zero-order valence-corrected chi connectivity index (χ0v) is 23.3. The van der Waals surface area contributed by atoms with Crippen LogP contribution in [0.25, 0.3) is 0 Å². The number of amides is 1. The van der Waals surface area contributed by atoms with E-state index < -0.39 is 24.2 Å². The molecule has 0 unspecified atom stereocenters. The van der Waals surface area contributed by atoms with Crippen LogP contribution in [-0.4, -0.2) is 69.8 Å². The van der Waals surface area contributed by atoms with E-state index in [-0.39, 0.29) is 42.3 Å². The normalized spacial score (nSPS) is 25.9. The fraction of sp³-hybridized carbons (Fsp3) is 0.655. The van der Waals surface area contributed by atoms with E-state index in [2.05, 4.69) is 5.32 Å². The molecule has 0 radical (unpaired) electrons. The first kappa shape index (κ1) is 30.3. The molecule has 1 aromatic rings. The topological polar surface area (TPSA) is 113 Å². The van der Waals surface area contributed by atoms with Crippen LogP contribution in [0.3, 0.4) is 0 Å². The monoisotopic (exact) mass is 546 g/mol. The number of esters is 1. The summed E-state index contributed by atoms with van der Waals surface area (Å²) >= 11 is 1.24. The van der Waals surface area contributed by atoms with Gasteiger partial charge in [0.1, 0.15) is 18.4 Å². The van der Waals surface area contributed by atoms with Crippen LogP contribution in [0, 0.1) is 5.92 Å². The predicted octanol–water partition coefficient (Wildman–Crippen LogP) is 3.64. The Labute approximate surface area is 230 Å². The molecule has 2 N–H and O–H groups in total. The van der Waals surface area contributed by atoms with E-state index in [1.165, 1.54) is 16.7 Å².